The number of benzene rings is 3. The van der Waals surface area contributed by atoms with Gasteiger partial charge in [0, 0.05) is 35.3 Å². The first-order chi connectivity index (χ1) is 18.0. The number of aromatic nitrogens is 1. The van der Waals surface area contributed by atoms with E-state index in [1.54, 1.807) is 24.1 Å². The van der Waals surface area contributed by atoms with Crippen LogP contribution < -0.4 is 4.74 Å². The van der Waals surface area contributed by atoms with Crippen LogP contribution in [-0.4, -0.2) is 59.5 Å². The fourth-order valence-electron chi connectivity index (χ4n) is 4.48. The van der Waals surface area contributed by atoms with Gasteiger partial charge in [-0.2, -0.15) is 0 Å². The van der Waals surface area contributed by atoms with Gasteiger partial charge in [0.2, 0.25) is 6.41 Å². The van der Waals surface area contributed by atoms with Crippen molar-refractivity contribution in [2.75, 3.05) is 26.9 Å². The van der Waals surface area contributed by atoms with E-state index in [1.165, 1.54) is 11.1 Å². The summed E-state index contributed by atoms with van der Waals surface area (Å²) in [5.41, 5.74) is 5.37. The Labute approximate surface area is 221 Å². The number of carbonyl (C=O) groups excluding carboxylic acids is 1. The highest BCUT2D eigenvalue weighted by molar-refractivity contribution is 6.31. The average molecular weight is 523 g/mol. The molecule has 1 amide bonds. The van der Waals surface area contributed by atoms with E-state index in [0.29, 0.717) is 23.9 Å². The molecule has 1 aliphatic rings. The van der Waals surface area contributed by atoms with Gasteiger partial charge in [-0.05, 0) is 53.4 Å². The van der Waals surface area contributed by atoms with E-state index in [4.69, 9.17) is 26.2 Å². The minimum Gasteiger partial charge on any atom is -0.491 e. The summed E-state index contributed by atoms with van der Waals surface area (Å²) in [7, 11) is 1.70. The number of aliphatic hydroxyl groups excluding tert-OH is 2. The molecule has 0 aliphatic carbocycles. The molecule has 0 radical (unpaired) electrons. The van der Waals surface area contributed by atoms with Gasteiger partial charge < -0.3 is 29.6 Å². The second kappa shape index (κ2) is 12.7. The van der Waals surface area contributed by atoms with Crippen molar-refractivity contribution >= 4 is 28.9 Å². The maximum atomic E-state index is 11.7. The number of amides is 1. The summed E-state index contributed by atoms with van der Waals surface area (Å²) in [5.74, 6) is 0.591. The lowest BCUT2D eigenvalue weighted by atomic mass is 9.93. The predicted molar refractivity (Wildman–Crippen MR) is 144 cm³/mol. The molecule has 7 nitrogen and oxygen atoms in total. The van der Waals surface area contributed by atoms with Gasteiger partial charge in [0.25, 0.3) is 0 Å². The number of aromatic amines is 1. The highest BCUT2D eigenvalue weighted by atomic mass is 35.5. The number of hydrogen-bond acceptors (Lipinski definition) is 5. The summed E-state index contributed by atoms with van der Waals surface area (Å²) in [6, 6.07) is 23.1. The number of ether oxygens (including phenoxy) is 2. The number of rotatable bonds is 8. The van der Waals surface area contributed by atoms with Crippen LogP contribution in [-0.2, 0) is 22.6 Å². The topological polar surface area (TPSA) is 95.0 Å². The molecule has 0 fully saturated rings. The second-order valence-corrected chi connectivity index (χ2v) is 9.27. The number of nitrogens with zero attached hydrogens (tertiary/aromatic N) is 1. The van der Waals surface area contributed by atoms with Gasteiger partial charge in [-0.3, -0.25) is 4.79 Å². The highest BCUT2D eigenvalue weighted by Gasteiger charge is 2.31. The zero-order valence-electron chi connectivity index (χ0n) is 20.6. The van der Waals surface area contributed by atoms with Crippen molar-refractivity contribution in [3.8, 4) is 5.75 Å². The van der Waals surface area contributed by atoms with Gasteiger partial charge in [0.1, 0.15) is 18.5 Å². The lowest BCUT2D eigenvalue weighted by Gasteiger charge is -2.33. The number of halogens is 1. The second-order valence-electron chi connectivity index (χ2n) is 8.84. The predicted octanol–water partition coefficient (Wildman–Crippen LogP) is 4.49. The summed E-state index contributed by atoms with van der Waals surface area (Å²) in [6.07, 6.45) is 0.739. The van der Waals surface area contributed by atoms with Crippen LogP contribution in [0.15, 0.2) is 72.8 Å². The smallest absolute Gasteiger partial charge is 0.210 e. The maximum Gasteiger partial charge on any atom is 0.210 e. The van der Waals surface area contributed by atoms with Gasteiger partial charge in [0.15, 0.2) is 0 Å². The standard InChI is InChI=1S/C21H21ClN2O4.C8H10O/c22-14-3-6-19-18(9-14)17-7-8-24(12-26)21(20(17)23-19)13-1-4-16(5-2-13)28-11-15(27)10-25;1-9-7-8-5-3-2-4-6-8/h1-6,9,12,15,21,23,25,27H,7-8,10-11H2;2-6H,7H2,1H3. The molecule has 2 atom stereocenters. The zero-order valence-corrected chi connectivity index (χ0v) is 21.4. The van der Waals surface area contributed by atoms with Crippen LogP contribution in [0.2, 0.25) is 5.02 Å². The molecule has 0 bridgehead atoms. The molecule has 3 N–H and O–H groups in total. The Morgan fingerprint density at radius 1 is 1.14 bits per heavy atom. The fourth-order valence-corrected chi connectivity index (χ4v) is 4.66. The number of H-pyrrole nitrogens is 1. The largest absolute Gasteiger partial charge is 0.491 e. The molecule has 0 saturated heterocycles. The Hall–Kier alpha value is -3.36. The zero-order chi connectivity index (χ0) is 26.2. The highest BCUT2D eigenvalue weighted by Crippen LogP contribution is 2.38. The van der Waals surface area contributed by atoms with Crippen molar-refractivity contribution < 1.29 is 24.5 Å². The van der Waals surface area contributed by atoms with Crippen molar-refractivity contribution in [1.29, 1.82) is 0 Å². The summed E-state index contributed by atoms with van der Waals surface area (Å²) in [6.45, 7) is 1.01. The molecule has 1 aromatic heterocycles. The van der Waals surface area contributed by atoms with Crippen molar-refractivity contribution in [2.45, 2.75) is 25.2 Å². The third kappa shape index (κ3) is 6.50. The Balaban J connectivity index is 0.000000301. The average Bonchev–Trinajstić information content (AvgIpc) is 3.30. The third-order valence-electron chi connectivity index (χ3n) is 6.26. The number of nitrogens with one attached hydrogen (secondary N) is 1. The molecule has 1 aliphatic heterocycles. The van der Waals surface area contributed by atoms with E-state index in [9.17, 15) is 9.90 Å². The van der Waals surface area contributed by atoms with E-state index in [1.807, 2.05) is 60.7 Å². The van der Waals surface area contributed by atoms with Crippen LogP contribution in [0.4, 0.5) is 0 Å². The lowest BCUT2D eigenvalue weighted by molar-refractivity contribution is -0.120. The first kappa shape index (κ1) is 26.7. The molecular formula is C29H31ClN2O5. The molecule has 0 spiro atoms. The van der Waals surface area contributed by atoms with Gasteiger partial charge >= 0.3 is 0 Å². The minimum absolute atomic E-state index is 0.0205. The van der Waals surface area contributed by atoms with Crippen LogP contribution in [0.25, 0.3) is 10.9 Å². The Bertz CT molecular complexity index is 1290. The molecule has 2 unspecified atom stereocenters. The van der Waals surface area contributed by atoms with E-state index >= 15 is 0 Å². The Kier molecular flexibility index (Phi) is 9.19. The van der Waals surface area contributed by atoms with E-state index in [0.717, 1.165) is 35.0 Å². The molecular weight excluding hydrogens is 492 g/mol. The Morgan fingerprint density at radius 3 is 2.57 bits per heavy atom. The van der Waals surface area contributed by atoms with E-state index in [-0.39, 0.29) is 19.3 Å². The number of fused-ring (bicyclic) bond motifs is 3. The van der Waals surface area contributed by atoms with Gasteiger partial charge in [0.05, 0.1) is 19.3 Å². The van der Waals surface area contributed by atoms with Crippen LogP contribution in [0.1, 0.15) is 28.4 Å². The van der Waals surface area contributed by atoms with Crippen LogP contribution in [0.3, 0.4) is 0 Å². The van der Waals surface area contributed by atoms with E-state index < -0.39 is 6.10 Å². The first-order valence-electron chi connectivity index (χ1n) is 12.1. The quantitative estimate of drug-likeness (QED) is 0.296. The fraction of sp³-hybridized carbons (Fsp3) is 0.276. The number of methoxy groups -OCH3 is 1. The Morgan fingerprint density at radius 2 is 1.89 bits per heavy atom. The molecule has 0 saturated carbocycles. The molecule has 8 heteroatoms. The maximum absolute atomic E-state index is 11.7. The van der Waals surface area contributed by atoms with Crippen molar-refractivity contribution in [3.05, 3.63) is 100 Å². The van der Waals surface area contributed by atoms with Crippen molar-refractivity contribution in [1.82, 2.24) is 9.88 Å². The summed E-state index contributed by atoms with van der Waals surface area (Å²) < 4.78 is 10.4. The normalized spacial score (nSPS) is 15.5. The minimum atomic E-state index is -0.913. The lowest BCUT2D eigenvalue weighted by Crippen LogP contribution is -2.34. The van der Waals surface area contributed by atoms with Gasteiger partial charge in [-0.25, -0.2) is 0 Å². The molecule has 2 heterocycles. The number of hydrogen-bond donors (Lipinski definition) is 3. The van der Waals surface area contributed by atoms with Gasteiger partial charge in [-0.15, -0.1) is 0 Å². The molecule has 37 heavy (non-hydrogen) atoms. The third-order valence-corrected chi connectivity index (χ3v) is 6.50. The van der Waals surface area contributed by atoms with E-state index in [2.05, 4.69) is 4.98 Å². The van der Waals surface area contributed by atoms with Crippen LogP contribution in [0.5, 0.6) is 5.75 Å². The summed E-state index contributed by atoms with van der Waals surface area (Å²) in [5, 5.41) is 20.1. The van der Waals surface area contributed by atoms with Crippen LogP contribution in [0, 0.1) is 0 Å². The molecule has 5 rings (SSSR count). The molecule has 4 aromatic rings. The summed E-state index contributed by atoms with van der Waals surface area (Å²) in [4.78, 5) is 17.0. The monoisotopic (exact) mass is 522 g/mol. The first-order valence-corrected chi connectivity index (χ1v) is 12.5. The SMILES string of the molecule is COCc1ccccc1.O=CN1CCc2c([nH]c3ccc(Cl)cc23)C1c1ccc(OCC(O)CO)cc1. The van der Waals surface area contributed by atoms with Crippen LogP contribution >= 0.6 is 11.6 Å². The number of carbonyl (C=O) groups is 1. The molecule has 3 aromatic carbocycles. The van der Waals surface area contributed by atoms with Gasteiger partial charge in [-0.1, -0.05) is 54.1 Å². The number of aliphatic hydroxyl groups is 2. The van der Waals surface area contributed by atoms with Crippen molar-refractivity contribution in [3.63, 3.8) is 0 Å². The summed E-state index contributed by atoms with van der Waals surface area (Å²) >= 11 is 6.18. The molecule has 194 valence electrons. The van der Waals surface area contributed by atoms with Crippen molar-refractivity contribution in [2.24, 2.45) is 0 Å².